The fourth-order valence-corrected chi connectivity index (χ4v) is 3.49. The van der Waals surface area contributed by atoms with E-state index in [1.807, 2.05) is 11.3 Å². The lowest BCUT2D eigenvalue weighted by molar-refractivity contribution is 0.163. The second kappa shape index (κ2) is 8.30. The topological polar surface area (TPSA) is 15.3 Å². The first-order valence-electron chi connectivity index (χ1n) is 8.20. The van der Waals surface area contributed by atoms with Gasteiger partial charge in [-0.2, -0.15) is 0 Å². The van der Waals surface area contributed by atoms with Gasteiger partial charge in [-0.3, -0.25) is 0 Å². The molecule has 1 aromatic heterocycles. The summed E-state index contributed by atoms with van der Waals surface area (Å²) in [4.78, 5) is 3.99. The molecule has 1 atom stereocenters. The molecule has 0 saturated carbocycles. The molecule has 0 aromatic carbocycles. The fraction of sp³-hybridized carbons (Fsp3) is 0.778. The zero-order valence-electron chi connectivity index (χ0n) is 14.8. The third-order valence-electron chi connectivity index (χ3n) is 3.87. The summed E-state index contributed by atoms with van der Waals surface area (Å²) in [5.74, 6) is 0. The minimum atomic E-state index is 0.199. The maximum absolute atomic E-state index is 3.70. The molecule has 0 saturated heterocycles. The van der Waals surface area contributed by atoms with E-state index in [1.54, 1.807) is 0 Å². The van der Waals surface area contributed by atoms with Gasteiger partial charge in [0.05, 0.1) is 0 Å². The molecule has 1 rings (SSSR count). The number of nitrogens with zero attached hydrogens (tertiary/aromatic N) is 1. The molecule has 0 bridgehead atoms. The Balaban J connectivity index is 2.47. The molecule has 122 valence electrons. The summed E-state index contributed by atoms with van der Waals surface area (Å²) >= 11 is 1.87. The van der Waals surface area contributed by atoms with E-state index in [1.165, 1.54) is 24.1 Å². The predicted molar refractivity (Wildman–Crippen MR) is 96.3 cm³/mol. The van der Waals surface area contributed by atoms with E-state index in [-0.39, 0.29) is 5.54 Å². The lowest BCUT2D eigenvalue weighted by atomic mass is 9.84. The molecule has 0 spiro atoms. The Hall–Kier alpha value is -0.380. The molecular weight excluding hydrogens is 276 g/mol. The van der Waals surface area contributed by atoms with Crippen molar-refractivity contribution in [1.82, 2.24) is 10.2 Å². The van der Waals surface area contributed by atoms with Crippen molar-refractivity contribution in [3.05, 3.63) is 22.4 Å². The fourth-order valence-electron chi connectivity index (χ4n) is 2.79. The summed E-state index contributed by atoms with van der Waals surface area (Å²) in [5.41, 5.74) is 0.552. The minimum absolute atomic E-state index is 0.199. The van der Waals surface area contributed by atoms with Crippen LogP contribution in [-0.4, -0.2) is 37.1 Å². The second-order valence-electron chi connectivity index (χ2n) is 7.73. The first-order valence-corrected chi connectivity index (χ1v) is 9.08. The molecule has 0 aliphatic heterocycles. The third-order valence-corrected chi connectivity index (χ3v) is 4.81. The maximum atomic E-state index is 3.70. The van der Waals surface area contributed by atoms with E-state index in [0.717, 1.165) is 19.6 Å². The van der Waals surface area contributed by atoms with Crippen LogP contribution in [0.5, 0.6) is 0 Å². The predicted octanol–water partition coefficient (Wildman–Crippen LogP) is 4.42. The molecule has 1 N–H and O–H groups in total. The van der Waals surface area contributed by atoms with Crippen LogP contribution in [-0.2, 0) is 6.42 Å². The van der Waals surface area contributed by atoms with Crippen LogP contribution in [0.15, 0.2) is 17.5 Å². The summed E-state index contributed by atoms with van der Waals surface area (Å²) in [5, 5.41) is 5.87. The highest BCUT2D eigenvalue weighted by Crippen LogP contribution is 2.24. The zero-order chi connectivity index (χ0) is 15.9. The number of likely N-dealkylation sites (N-methyl/N-ethyl adjacent to an activating group) is 1. The van der Waals surface area contributed by atoms with Crippen molar-refractivity contribution >= 4 is 11.3 Å². The number of thiophene rings is 1. The first kappa shape index (κ1) is 18.7. The van der Waals surface area contributed by atoms with Crippen molar-refractivity contribution in [3.63, 3.8) is 0 Å². The van der Waals surface area contributed by atoms with E-state index in [0.29, 0.717) is 5.41 Å². The lowest BCUT2D eigenvalue weighted by Gasteiger charge is -2.36. The van der Waals surface area contributed by atoms with Gasteiger partial charge in [-0.25, -0.2) is 0 Å². The largest absolute Gasteiger partial charge is 0.311 e. The van der Waals surface area contributed by atoms with E-state index in [4.69, 9.17) is 0 Å². The van der Waals surface area contributed by atoms with Crippen LogP contribution in [0.1, 0.15) is 52.3 Å². The highest BCUT2D eigenvalue weighted by Gasteiger charge is 2.26. The maximum Gasteiger partial charge on any atom is 0.00967 e. The average Bonchev–Trinajstić information content (AvgIpc) is 2.87. The van der Waals surface area contributed by atoms with E-state index < -0.39 is 0 Å². The summed E-state index contributed by atoms with van der Waals surface area (Å²) in [6, 6.07) is 4.39. The van der Waals surface area contributed by atoms with Crippen molar-refractivity contribution in [2.45, 2.75) is 59.4 Å². The quantitative estimate of drug-likeness (QED) is 0.726. The molecule has 1 aromatic rings. The van der Waals surface area contributed by atoms with Gasteiger partial charge in [-0.1, -0.05) is 26.3 Å². The molecule has 0 amide bonds. The molecule has 0 fully saturated rings. The van der Waals surface area contributed by atoms with Gasteiger partial charge in [0.1, 0.15) is 0 Å². The van der Waals surface area contributed by atoms with Gasteiger partial charge >= 0.3 is 0 Å². The Morgan fingerprint density at radius 1 is 1.24 bits per heavy atom. The van der Waals surface area contributed by atoms with Gasteiger partial charge in [-0.15, -0.1) is 11.3 Å². The molecule has 21 heavy (non-hydrogen) atoms. The van der Waals surface area contributed by atoms with Gasteiger partial charge in [-0.05, 0) is 57.5 Å². The lowest BCUT2D eigenvalue weighted by Crippen LogP contribution is -2.47. The summed E-state index contributed by atoms with van der Waals surface area (Å²) in [6.45, 7) is 14.9. The van der Waals surface area contributed by atoms with Gasteiger partial charge in [0, 0.05) is 30.1 Å². The van der Waals surface area contributed by atoms with Crippen LogP contribution < -0.4 is 5.32 Å². The number of nitrogens with one attached hydrogen (secondary N) is 1. The van der Waals surface area contributed by atoms with E-state index in [2.05, 4.69) is 69.4 Å². The van der Waals surface area contributed by atoms with Crippen molar-refractivity contribution in [2.24, 2.45) is 5.41 Å². The van der Waals surface area contributed by atoms with Crippen LogP contribution in [0.4, 0.5) is 0 Å². The Morgan fingerprint density at radius 2 is 1.95 bits per heavy atom. The van der Waals surface area contributed by atoms with Gasteiger partial charge in [0.25, 0.3) is 0 Å². The zero-order valence-corrected chi connectivity index (χ0v) is 15.6. The SMILES string of the molecule is CCCC(C)(CNC(C)(C)C)CN(C)CCc1cccs1. The molecular formula is C18H34N2S. The van der Waals surface area contributed by atoms with Crippen LogP contribution in [0.2, 0.25) is 0 Å². The average molecular weight is 311 g/mol. The Morgan fingerprint density at radius 3 is 2.48 bits per heavy atom. The van der Waals surface area contributed by atoms with Crippen molar-refractivity contribution in [1.29, 1.82) is 0 Å². The van der Waals surface area contributed by atoms with Crippen LogP contribution in [0.25, 0.3) is 0 Å². The standard InChI is InChI=1S/C18H34N2S/c1-7-11-18(5,14-19-17(2,3)4)15-20(6)12-10-16-9-8-13-21-16/h8-9,13,19H,7,10-12,14-15H2,1-6H3. The first-order chi connectivity index (χ1) is 9.74. The molecule has 1 heterocycles. The second-order valence-corrected chi connectivity index (χ2v) is 8.76. The van der Waals surface area contributed by atoms with Gasteiger partial charge in [0.15, 0.2) is 0 Å². The van der Waals surface area contributed by atoms with E-state index in [9.17, 15) is 0 Å². The minimum Gasteiger partial charge on any atom is -0.311 e. The van der Waals surface area contributed by atoms with Crippen molar-refractivity contribution < 1.29 is 0 Å². The van der Waals surface area contributed by atoms with Crippen molar-refractivity contribution in [2.75, 3.05) is 26.7 Å². The summed E-state index contributed by atoms with van der Waals surface area (Å²) < 4.78 is 0. The molecule has 2 nitrogen and oxygen atoms in total. The number of hydrogen-bond donors (Lipinski definition) is 1. The van der Waals surface area contributed by atoms with Gasteiger partial charge < -0.3 is 10.2 Å². The smallest absolute Gasteiger partial charge is 0.00967 e. The normalized spacial score (nSPS) is 15.4. The monoisotopic (exact) mass is 310 g/mol. The Labute approximate surface area is 135 Å². The Kier molecular flexibility index (Phi) is 7.38. The molecule has 0 aliphatic rings. The van der Waals surface area contributed by atoms with Crippen LogP contribution in [0, 0.1) is 5.41 Å². The van der Waals surface area contributed by atoms with Crippen LogP contribution >= 0.6 is 11.3 Å². The van der Waals surface area contributed by atoms with Crippen molar-refractivity contribution in [3.8, 4) is 0 Å². The highest BCUT2D eigenvalue weighted by atomic mass is 32.1. The summed E-state index contributed by atoms with van der Waals surface area (Å²) in [7, 11) is 2.26. The number of hydrogen-bond acceptors (Lipinski definition) is 3. The van der Waals surface area contributed by atoms with Crippen LogP contribution in [0.3, 0.4) is 0 Å². The molecule has 0 radical (unpaired) electrons. The van der Waals surface area contributed by atoms with E-state index >= 15 is 0 Å². The Bertz CT molecular complexity index is 380. The molecule has 0 aliphatic carbocycles. The number of rotatable bonds is 9. The molecule has 3 heteroatoms. The molecule has 1 unspecified atom stereocenters. The highest BCUT2D eigenvalue weighted by molar-refractivity contribution is 7.09. The third kappa shape index (κ3) is 7.98. The summed E-state index contributed by atoms with van der Waals surface area (Å²) in [6.07, 6.45) is 3.70. The van der Waals surface area contributed by atoms with Gasteiger partial charge in [0.2, 0.25) is 0 Å².